The molecule has 0 bridgehead atoms. The van der Waals surface area contributed by atoms with E-state index in [4.69, 9.17) is 25.6 Å². The van der Waals surface area contributed by atoms with Gasteiger partial charge in [-0.15, -0.1) is 11.3 Å². The van der Waals surface area contributed by atoms with Gasteiger partial charge >= 0.3 is 5.97 Å². The number of carbonyl (C=O) groups excluding carboxylic acids is 1. The van der Waals surface area contributed by atoms with E-state index in [0.29, 0.717) is 10.6 Å². The Kier molecular flexibility index (Phi) is 5.57. The summed E-state index contributed by atoms with van der Waals surface area (Å²) in [6.45, 7) is 1.61. The Morgan fingerprint density at radius 2 is 1.93 bits per heavy atom. The van der Waals surface area contributed by atoms with E-state index in [-0.39, 0.29) is 33.7 Å². The molecule has 28 heavy (non-hydrogen) atoms. The Morgan fingerprint density at radius 3 is 2.43 bits per heavy atom. The van der Waals surface area contributed by atoms with Crippen LogP contribution in [0.1, 0.15) is 25.7 Å². The van der Waals surface area contributed by atoms with E-state index in [1.807, 2.05) is 0 Å². The molecule has 0 spiro atoms. The van der Waals surface area contributed by atoms with Crippen molar-refractivity contribution in [1.82, 2.24) is 5.16 Å². The zero-order chi connectivity index (χ0) is 20.4. The third kappa shape index (κ3) is 3.41. The molecule has 2 aromatic heterocycles. The lowest BCUT2D eigenvalue weighted by Gasteiger charge is -2.22. The number of halogens is 1. The average Bonchev–Trinajstić information content (AvgIpc) is 3.33. The first-order valence-corrected chi connectivity index (χ1v) is 9.13. The molecule has 3 rings (SSSR count). The lowest BCUT2D eigenvalue weighted by Crippen LogP contribution is -2.27. The number of ether oxygens (including phenoxy) is 2. The summed E-state index contributed by atoms with van der Waals surface area (Å²) in [6.07, 6.45) is 0. The highest BCUT2D eigenvalue weighted by atomic mass is 35.5. The summed E-state index contributed by atoms with van der Waals surface area (Å²) in [4.78, 5) is 26.6. The van der Waals surface area contributed by atoms with E-state index < -0.39 is 11.9 Å². The number of carbonyl (C=O) groups is 2. The van der Waals surface area contributed by atoms with Crippen molar-refractivity contribution in [2.24, 2.45) is 0 Å². The smallest absolute Gasteiger partial charge is 0.337 e. The summed E-state index contributed by atoms with van der Waals surface area (Å²) in [5.41, 5.74) is 0.160. The number of aromatic carboxylic acids is 1. The molecule has 146 valence electrons. The first-order chi connectivity index (χ1) is 13.4. The number of methoxy groups -OCH3 is 2. The topological polar surface area (TPSA) is 102 Å². The predicted molar refractivity (Wildman–Crippen MR) is 104 cm³/mol. The highest BCUT2D eigenvalue weighted by Crippen LogP contribution is 2.42. The molecule has 1 amide bonds. The van der Waals surface area contributed by atoms with E-state index in [0.717, 1.165) is 4.90 Å². The lowest BCUT2D eigenvalue weighted by atomic mass is 10.1. The molecule has 0 aliphatic heterocycles. The van der Waals surface area contributed by atoms with Crippen molar-refractivity contribution in [3.8, 4) is 11.5 Å². The van der Waals surface area contributed by atoms with Crippen LogP contribution in [0.5, 0.6) is 11.5 Å². The van der Waals surface area contributed by atoms with Gasteiger partial charge in [-0.1, -0.05) is 22.8 Å². The molecule has 0 aliphatic rings. The number of benzene rings is 1. The minimum atomic E-state index is -1.27. The Morgan fingerprint density at radius 1 is 1.25 bits per heavy atom. The Hall–Kier alpha value is -3.04. The standard InChI is InChI=1S/C18H15ClN2O6S/c1-9-15(19)17(27-20-9)21(16(22)14-5-4-6-28-14)11-8-13(26-3)12(25-2)7-10(11)18(23)24/h4-8H,1-3H3,(H,23,24). The second-order valence-electron chi connectivity index (χ2n) is 5.53. The molecule has 0 saturated carbocycles. The fourth-order valence-electron chi connectivity index (χ4n) is 2.53. The maximum atomic E-state index is 13.2. The zero-order valence-electron chi connectivity index (χ0n) is 15.1. The van der Waals surface area contributed by atoms with Crippen molar-refractivity contribution in [2.75, 3.05) is 19.1 Å². The van der Waals surface area contributed by atoms with Crippen LogP contribution in [0.3, 0.4) is 0 Å². The van der Waals surface area contributed by atoms with Crippen LogP contribution in [0, 0.1) is 6.92 Å². The van der Waals surface area contributed by atoms with E-state index in [1.165, 1.54) is 37.7 Å². The van der Waals surface area contributed by atoms with Gasteiger partial charge in [0.15, 0.2) is 11.5 Å². The molecule has 1 aromatic carbocycles. The molecule has 0 saturated heterocycles. The van der Waals surface area contributed by atoms with Crippen LogP contribution in [0.15, 0.2) is 34.2 Å². The number of hydrogen-bond donors (Lipinski definition) is 1. The summed E-state index contributed by atoms with van der Waals surface area (Å²) in [5, 5.41) is 15.3. The molecule has 0 atom stereocenters. The molecule has 0 fully saturated rings. The van der Waals surface area contributed by atoms with Crippen LogP contribution in [0.4, 0.5) is 11.6 Å². The largest absolute Gasteiger partial charge is 0.493 e. The number of carboxylic acid groups (broad SMARTS) is 1. The number of aryl methyl sites for hydroxylation is 1. The van der Waals surface area contributed by atoms with Crippen molar-refractivity contribution in [2.45, 2.75) is 6.92 Å². The number of carboxylic acids is 1. The number of amides is 1. The fourth-order valence-corrected chi connectivity index (χ4v) is 3.34. The Labute approximate surface area is 168 Å². The van der Waals surface area contributed by atoms with Crippen molar-refractivity contribution < 1.29 is 28.7 Å². The third-order valence-corrected chi connectivity index (χ3v) is 5.18. The van der Waals surface area contributed by atoms with Gasteiger partial charge in [-0.05, 0) is 18.4 Å². The van der Waals surface area contributed by atoms with Crippen molar-refractivity contribution in [3.63, 3.8) is 0 Å². The molecule has 0 radical (unpaired) electrons. The maximum Gasteiger partial charge on any atom is 0.337 e. The van der Waals surface area contributed by atoms with Crippen LogP contribution in [-0.4, -0.2) is 36.4 Å². The second kappa shape index (κ2) is 7.91. The van der Waals surface area contributed by atoms with Gasteiger partial charge in [0.1, 0.15) is 10.7 Å². The highest BCUT2D eigenvalue weighted by Gasteiger charge is 2.32. The maximum absolute atomic E-state index is 13.2. The summed E-state index contributed by atoms with van der Waals surface area (Å²) in [5.74, 6) is -1.45. The van der Waals surface area contributed by atoms with Gasteiger partial charge in [0.05, 0.1) is 30.3 Å². The van der Waals surface area contributed by atoms with Gasteiger partial charge in [0.25, 0.3) is 11.8 Å². The van der Waals surface area contributed by atoms with Crippen molar-refractivity contribution >= 4 is 46.4 Å². The summed E-state index contributed by atoms with van der Waals surface area (Å²) in [6, 6.07) is 5.96. The van der Waals surface area contributed by atoms with Crippen LogP contribution >= 0.6 is 22.9 Å². The van der Waals surface area contributed by atoms with Gasteiger partial charge in [-0.2, -0.15) is 0 Å². The molecular weight excluding hydrogens is 408 g/mol. The van der Waals surface area contributed by atoms with Crippen molar-refractivity contribution in [3.05, 3.63) is 50.8 Å². The van der Waals surface area contributed by atoms with Crippen LogP contribution in [0.25, 0.3) is 0 Å². The molecular formula is C18H15ClN2O6S. The highest BCUT2D eigenvalue weighted by molar-refractivity contribution is 7.12. The fraction of sp³-hybridized carbons (Fsp3) is 0.167. The number of hydrogen-bond acceptors (Lipinski definition) is 7. The van der Waals surface area contributed by atoms with Gasteiger partial charge in [0, 0.05) is 12.1 Å². The quantitative estimate of drug-likeness (QED) is 0.628. The van der Waals surface area contributed by atoms with Gasteiger partial charge < -0.3 is 19.1 Å². The Bertz CT molecular complexity index is 1030. The second-order valence-corrected chi connectivity index (χ2v) is 6.86. The van der Waals surface area contributed by atoms with E-state index in [2.05, 4.69) is 5.16 Å². The predicted octanol–water partition coefficient (Wildman–Crippen LogP) is 4.39. The summed E-state index contributed by atoms with van der Waals surface area (Å²) < 4.78 is 15.7. The third-order valence-electron chi connectivity index (χ3n) is 3.89. The monoisotopic (exact) mass is 422 g/mol. The van der Waals surface area contributed by atoms with Gasteiger partial charge in [0.2, 0.25) is 0 Å². The molecule has 0 aliphatic carbocycles. The molecule has 3 aromatic rings. The van der Waals surface area contributed by atoms with E-state index >= 15 is 0 Å². The normalized spacial score (nSPS) is 10.6. The van der Waals surface area contributed by atoms with Crippen LogP contribution in [-0.2, 0) is 0 Å². The van der Waals surface area contributed by atoms with E-state index in [1.54, 1.807) is 24.4 Å². The zero-order valence-corrected chi connectivity index (χ0v) is 16.6. The SMILES string of the molecule is COc1cc(C(=O)O)c(N(C(=O)c2cccs2)c2onc(C)c2Cl)cc1OC. The summed E-state index contributed by atoms with van der Waals surface area (Å²) >= 11 is 7.47. The number of thiophene rings is 1. The Balaban J connectivity index is 2.30. The number of nitrogens with zero attached hydrogens (tertiary/aromatic N) is 2. The number of aromatic nitrogens is 1. The van der Waals surface area contributed by atoms with Gasteiger partial charge in [-0.25, -0.2) is 9.69 Å². The minimum Gasteiger partial charge on any atom is -0.493 e. The molecule has 8 nitrogen and oxygen atoms in total. The minimum absolute atomic E-state index is 0.00148. The van der Waals surface area contributed by atoms with Crippen LogP contribution in [0.2, 0.25) is 5.02 Å². The lowest BCUT2D eigenvalue weighted by molar-refractivity contribution is 0.0697. The van der Waals surface area contributed by atoms with Crippen molar-refractivity contribution in [1.29, 1.82) is 0 Å². The summed E-state index contributed by atoms with van der Waals surface area (Å²) in [7, 11) is 2.79. The van der Waals surface area contributed by atoms with Crippen LogP contribution < -0.4 is 14.4 Å². The van der Waals surface area contributed by atoms with E-state index in [9.17, 15) is 14.7 Å². The number of anilines is 2. The first-order valence-electron chi connectivity index (χ1n) is 7.88. The van der Waals surface area contributed by atoms with Gasteiger partial charge in [-0.3, -0.25) is 4.79 Å². The molecule has 0 unspecified atom stereocenters. The molecule has 10 heteroatoms. The molecule has 2 heterocycles. The first kappa shape index (κ1) is 19.7. The number of rotatable bonds is 6. The average molecular weight is 423 g/mol. The molecule has 1 N–H and O–H groups in total.